The lowest BCUT2D eigenvalue weighted by molar-refractivity contribution is -0.121. The summed E-state index contributed by atoms with van der Waals surface area (Å²) in [6.07, 6.45) is 2.71. The van der Waals surface area contributed by atoms with E-state index in [4.69, 9.17) is 0 Å². The van der Waals surface area contributed by atoms with Crippen LogP contribution >= 0.6 is 0 Å². The summed E-state index contributed by atoms with van der Waals surface area (Å²) in [6, 6.07) is 14.4. The summed E-state index contributed by atoms with van der Waals surface area (Å²) in [6.45, 7) is 5.15. The highest BCUT2D eigenvalue weighted by Crippen LogP contribution is 2.26. The molecular formula is C19H24N2O. The highest BCUT2D eigenvalue weighted by molar-refractivity contribution is 5.90. The van der Waals surface area contributed by atoms with Gasteiger partial charge in [-0.2, -0.15) is 0 Å². The summed E-state index contributed by atoms with van der Waals surface area (Å²) in [4.78, 5) is 12.3. The third-order valence-corrected chi connectivity index (χ3v) is 4.75. The monoisotopic (exact) mass is 296 g/mol. The molecule has 0 spiro atoms. The molecule has 0 atom stereocenters. The second kappa shape index (κ2) is 6.49. The summed E-state index contributed by atoms with van der Waals surface area (Å²) in [5, 5.41) is 8.88. The molecule has 1 aliphatic rings. The van der Waals surface area contributed by atoms with Crippen molar-refractivity contribution >= 4 is 16.7 Å². The Balaban J connectivity index is 1.63. The van der Waals surface area contributed by atoms with Crippen LogP contribution in [0.3, 0.4) is 0 Å². The lowest BCUT2D eigenvalue weighted by atomic mass is 9.81. The van der Waals surface area contributed by atoms with Gasteiger partial charge in [0.2, 0.25) is 5.91 Å². The Hall–Kier alpha value is -1.87. The molecule has 0 saturated carbocycles. The van der Waals surface area contributed by atoms with Crippen molar-refractivity contribution in [2.75, 3.05) is 19.6 Å². The number of benzene rings is 2. The Morgan fingerprint density at radius 3 is 2.68 bits per heavy atom. The van der Waals surface area contributed by atoms with Crippen molar-refractivity contribution in [1.82, 2.24) is 10.6 Å². The molecule has 1 amide bonds. The second-order valence-corrected chi connectivity index (χ2v) is 6.65. The zero-order chi connectivity index (χ0) is 15.4. The highest BCUT2D eigenvalue weighted by atomic mass is 16.1. The van der Waals surface area contributed by atoms with Gasteiger partial charge in [-0.3, -0.25) is 4.79 Å². The Kier molecular flexibility index (Phi) is 4.44. The van der Waals surface area contributed by atoms with Crippen LogP contribution in [-0.2, 0) is 11.2 Å². The first-order valence-corrected chi connectivity index (χ1v) is 8.10. The first-order valence-electron chi connectivity index (χ1n) is 8.10. The fraction of sp³-hybridized carbons (Fsp3) is 0.421. The van der Waals surface area contributed by atoms with Crippen LogP contribution in [0.5, 0.6) is 0 Å². The molecule has 0 unspecified atom stereocenters. The number of carbonyl (C=O) groups is 1. The molecular weight excluding hydrogens is 272 g/mol. The molecule has 3 heteroatoms. The molecule has 1 heterocycles. The lowest BCUT2D eigenvalue weighted by Crippen LogP contribution is -2.43. The van der Waals surface area contributed by atoms with Crippen molar-refractivity contribution < 1.29 is 4.79 Å². The van der Waals surface area contributed by atoms with Crippen LogP contribution in [0.4, 0.5) is 0 Å². The predicted molar refractivity (Wildman–Crippen MR) is 90.9 cm³/mol. The number of piperidine rings is 1. The zero-order valence-corrected chi connectivity index (χ0v) is 13.2. The summed E-state index contributed by atoms with van der Waals surface area (Å²) in [5.74, 6) is 0.121. The van der Waals surface area contributed by atoms with Crippen molar-refractivity contribution in [2.24, 2.45) is 5.41 Å². The Labute approximate surface area is 132 Å². The molecule has 0 aliphatic carbocycles. The molecule has 3 rings (SSSR count). The molecule has 1 fully saturated rings. The zero-order valence-electron chi connectivity index (χ0n) is 13.2. The van der Waals surface area contributed by atoms with Gasteiger partial charge in [0, 0.05) is 6.54 Å². The maximum absolute atomic E-state index is 12.3. The van der Waals surface area contributed by atoms with Gasteiger partial charge in [-0.05, 0) is 47.7 Å². The molecule has 0 bridgehead atoms. The minimum absolute atomic E-state index is 0.121. The molecule has 2 aromatic carbocycles. The van der Waals surface area contributed by atoms with E-state index in [0.717, 1.165) is 38.0 Å². The number of amides is 1. The van der Waals surface area contributed by atoms with Gasteiger partial charge in [-0.25, -0.2) is 0 Å². The van der Waals surface area contributed by atoms with E-state index in [1.165, 1.54) is 10.8 Å². The van der Waals surface area contributed by atoms with Gasteiger partial charge in [0.1, 0.15) is 0 Å². The number of hydrogen-bond acceptors (Lipinski definition) is 2. The molecule has 2 aromatic rings. The fourth-order valence-corrected chi connectivity index (χ4v) is 3.20. The smallest absolute Gasteiger partial charge is 0.224 e. The molecule has 116 valence electrons. The number of nitrogens with one attached hydrogen (secondary N) is 2. The average molecular weight is 296 g/mol. The minimum Gasteiger partial charge on any atom is -0.355 e. The molecule has 0 radical (unpaired) electrons. The standard InChI is InChI=1S/C19H24N2O/c1-19(9-11-20-12-10-19)14-21-18(22)13-16-7-4-6-15-5-2-3-8-17(15)16/h2-8,20H,9-14H2,1H3,(H,21,22). The van der Waals surface area contributed by atoms with Gasteiger partial charge in [-0.1, -0.05) is 49.4 Å². The van der Waals surface area contributed by atoms with Crippen LogP contribution in [0.15, 0.2) is 42.5 Å². The van der Waals surface area contributed by atoms with Crippen molar-refractivity contribution in [2.45, 2.75) is 26.2 Å². The van der Waals surface area contributed by atoms with E-state index >= 15 is 0 Å². The van der Waals surface area contributed by atoms with Crippen molar-refractivity contribution in [3.8, 4) is 0 Å². The first kappa shape index (κ1) is 15.0. The Bertz CT molecular complexity index is 654. The van der Waals surface area contributed by atoms with E-state index in [1.807, 2.05) is 24.3 Å². The van der Waals surface area contributed by atoms with Crippen LogP contribution in [-0.4, -0.2) is 25.5 Å². The van der Waals surface area contributed by atoms with Gasteiger partial charge in [0.15, 0.2) is 0 Å². The number of fused-ring (bicyclic) bond motifs is 1. The SMILES string of the molecule is CC1(CNC(=O)Cc2cccc3ccccc23)CCNCC1. The van der Waals surface area contributed by atoms with Crippen molar-refractivity contribution in [3.05, 3.63) is 48.0 Å². The van der Waals surface area contributed by atoms with Crippen LogP contribution in [0.2, 0.25) is 0 Å². The van der Waals surface area contributed by atoms with Gasteiger partial charge in [-0.15, -0.1) is 0 Å². The van der Waals surface area contributed by atoms with Crippen LogP contribution in [0.1, 0.15) is 25.3 Å². The summed E-state index contributed by atoms with van der Waals surface area (Å²) in [7, 11) is 0. The van der Waals surface area contributed by atoms with E-state index in [-0.39, 0.29) is 11.3 Å². The van der Waals surface area contributed by atoms with E-state index in [2.05, 4.69) is 35.8 Å². The number of hydrogen-bond donors (Lipinski definition) is 2. The normalized spacial score (nSPS) is 17.3. The van der Waals surface area contributed by atoms with Crippen LogP contribution < -0.4 is 10.6 Å². The molecule has 3 nitrogen and oxygen atoms in total. The Morgan fingerprint density at radius 1 is 1.14 bits per heavy atom. The predicted octanol–water partition coefficient (Wildman–Crippen LogP) is 2.89. The van der Waals surface area contributed by atoms with E-state index in [0.29, 0.717) is 6.42 Å². The van der Waals surface area contributed by atoms with Gasteiger partial charge in [0.05, 0.1) is 6.42 Å². The summed E-state index contributed by atoms with van der Waals surface area (Å²) < 4.78 is 0. The molecule has 0 aromatic heterocycles. The molecule has 1 saturated heterocycles. The topological polar surface area (TPSA) is 41.1 Å². The number of carbonyl (C=O) groups excluding carboxylic acids is 1. The maximum atomic E-state index is 12.3. The second-order valence-electron chi connectivity index (χ2n) is 6.65. The average Bonchev–Trinajstić information content (AvgIpc) is 2.54. The Morgan fingerprint density at radius 2 is 1.86 bits per heavy atom. The van der Waals surface area contributed by atoms with Gasteiger partial charge >= 0.3 is 0 Å². The van der Waals surface area contributed by atoms with E-state index < -0.39 is 0 Å². The van der Waals surface area contributed by atoms with Crippen LogP contribution in [0, 0.1) is 5.41 Å². The third-order valence-electron chi connectivity index (χ3n) is 4.75. The molecule has 2 N–H and O–H groups in total. The van der Waals surface area contributed by atoms with Gasteiger partial charge in [0.25, 0.3) is 0 Å². The lowest BCUT2D eigenvalue weighted by Gasteiger charge is -2.34. The summed E-state index contributed by atoms with van der Waals surface area (Å²) in [5.41, 5.74) is 1.34. The van der Waals surface area contributed by atoms with E-state index in [1.54, 1.807) is 0 Å². The van der Waals surface area contributed by atoms with Crippen molar-refractivity contribution in [1.29, 1.82) is 0 Å². The third kappa shape index (κ3) is 3.47. The summed E-state index contributed by atoms with van der Waals surface area (Å²) >= 11 is 0. The first-order chi connectivity index (χ1) is 10.7. The molecule has 1 aliphatic heterocycles. The maximum Gasteiger partial charge on any atom is 0.224 e. The number of rotatable bonds is 4. The quantitative estimate of drug-likeness (QED) is 0.911. The van der Waals surface area contributed by atoms with Gasteiger partial charge < -0.3 is 10.6 Å². The highest BCUT2D eigenvalue weighted by Gasteiger charge is 2.26. The fourth-order valence-electron chi connectivity index (χ4n) is 3.20. The van der Waals surface area contributed by atoms with Crippen molar-refractivity contribution in [3.63, 3.8) is 0 Å². The minimum atomic E-state index is 0.121. The van der Waals surface area contributed by atoms with Crippen LogP contribution in [0.25, 0.3) is 10.8 Å². The molecule has 22 heavy (non-hydrogen) atoms. The van der Waals surface area contributed by atoms with E-state index in [9.17, 15) is 4.79 Å². The largest absolute Gasteiger partial charge is 0.355 e.